The van der Waals surface area contributed by atoms with Crippen molar-refractivity contribution in [2.24, 2.45) is 11.7 Å². The van der Waals surface area contributed by atoms with Crippen molar-refractivity contribution in [2.75, 3.05) is 11.9 Å². The molecule has 0 fully saturated rings. The van der Waals surface area contributed by atoms with Gasteiger partial charge in [-0.3, -0.25) is 0 Å². The van der Waals surface area contributed by atoms with Gasteiger partial charge in [0.15, 0.2) is 0 Å². The van der Waals surface area contributed by atoms with Crippen LogP contribution in [0.4, 0.5) is 10.1 Å². The summed E-state index contributed by atoms with van der Waals surface area (Å²) in [6.45, 7) is 4.49. The van der Waals surface area contributed by atoms with Gasteiger partial charge in [0.05, 0.1) is 5.69 Å². The molecule has 0 radical (unpaired) electrons. The number of nitrogens with one attached hydrogen (secondary N) is 1. The molecule has 1 atom stereocenters. The van der Waals surface area contributed by atoms with Gasteiger partial charge < -0.3 is 11.1 Å². The normalized spacial score (nSPS) is 12.2. The largest absolute Gasteiger partial charge is 0.380 e. The average Bonchev–Trinajstić information content (AvgIpc) is 2.25. The zero-order valence-corrected chi connectivity index (χ0v) is 9.50. The third-order valence-corrected chi connectivity index (χ3v) is 2.52. The number of nitriles is 1. The van der Waals surface area contributed by atoms with E-state index in [1.807, 2.05) is 19.9 Å². The summed E-state index contributed by atoms with van der Waals surface area (Å²) in [6, 6.07) is 6.43. The molecule has 0 saturated carbocycles. The Labute approximate surface area is 95.1 Å². The highest BCUT2D eigenvalue weighted by Gasteiger charge is 2.14. The van der Waals surface area contributed by atoms with Crippen LogP contribution in [0.5, 0.6) is 0 Å². The summed E-state index contributed by atoms with van der Waals surface area (Å²) in [5.41, 5.74) is 6.16. The Balaban J connectivity index is 2.97. The van der Waals surface area contributed by atoms with Crippen molar-refractivity contribution in [3.05, 3.63) is 29.6 Å². The molecule has 0 spiro atoms. The van der Waals surface area contributed by atoms with Crippen molar-refractivity contribution in [1.82, 2.24) is 0 Å². The zero-order valence-electron chi connectivity index (χ0n) is 9.50. The molecule has 1 rings (SSSR count). The van der Waals surface area contributed by atoms with E-state index in [9.17, 15) is 4.39 Å². The van der Waals surface area contributed by atoms with Crippen LogP contribution in [-0.2, 0) is 0 Å². The van der Waals surface area contributed by atoms with E-state index in [1.165, 1.54) is 6.07 Å². The predicted octanol–water partition coefficient (Wildman–Crippen LogP) is 2.09. The van der Waals surface area contributed by atoms with Gasteiger partial charge in [0, 0.05) is 12.6 Å². The van der Waals surface area contributed by atoms with E-state index in [1.54, 1.807) is 12.1 Å². The van der Waals surface area contributed by atoms with Crippen LogP contribution < -0.4 is 11.1 Å². The quantitative estimate of drug-likeness (QED) is 0.818. The molecule has 1 unspecified atom stereocenters. The Kier molecular flexibility index (Phi) is 4.27. The van der Waals surface area contributed by atoms with Gasteiger partial charge in [-0.15, -0.1) is 0 Å². The van der Waals surface area contributed by atoms with Crippen LogP contribution in [0.25, 0.3) is 0 Å². The second-order valence-corrected chi connectivity index (χ2v) is 4.00. The molecule has 3 N–H and O–H groups in total. The molecule has 3 nitrogen and oxygen atoms in total. The van der Waals surface area contributed by atoms with Crippen LogP contribution in [0.3, 0.4) is 0 Å². The molecular weight excluding hydrogens is 205 g/mol. The van der Waals surface area contributed by atoms with Gasteiger partial charge in [0.1, 0.15) is 17.4 Å². The maximum absolute atomic E-state index is 13.3. The first-order chi connectivity index (χ1) is 7.60. The maximum Gasteiger partial charge on any atom is 0.143 e. The minimum Gasteiger partial charge on any atom is -0.380 e. The Morgan fingerprint density at radius 1 is 1.50 bits per heavy atom. The monoisotopic (exact) mass is 221 g/mol. The number of hydrogen-bond acceptors (Lipinski definition) is 3. The van der Waals surface area contributed by atoms with Crippen molar-refractivity contribution >= 4 is 5.69 Å². The van der Waals surface area contributed by atoms with Gasteiger partial charge in [-0.05, 0) is 18.1 Å². The molecule has 0 aliphatic carbocycles. The lowest BCUT2D eigenvalue weighted by Gasteiger charge is -2.22. The first kappa shape index (κ1) is 12.5. The smallest absolute Gasteiger partial charge is 0.143 e. The number of halogens is 1. The average molecular weight is 221 g/mol. The molecule has 1 aromatic rings. The molecule has 0 saturated heterocycles. The van der Waals surface area contributed by atoms with Crippen molar-refractivity contribution in [3.63, 3.8) is 0 Å². The third-order valence-electron chi connectivity index (χ3n) is 2.52. The molecule has 0 amide bonds. The van der Waals surface area contributed by atoms with Crippen LogP contribution in [0.2, 0.25) is 0 Å². The molecule has 0 aromatic heterocycles. The Hall–Kier alpha value is -1.60. The van der Waals surface area contributed by atoms with Crippen molar-refractivity contribution in [3.8, 4) is 6.07 Å². The van der Waals surface area contributed by atoms with E-state index >= 15 is 0 Å². The van der Waals surface area contributed by atoms with Crippen molar-refractivity contribution in [2.45, 2.75) is 19.9 Å². The van der Waals surface area contributed by atoms with Crippen molar-refractivity contribution < 1.29 is 4.39 Å². The lowest BCUT2D eigenvalue weighted by atomic mass is 10.0. The lowest BCUT2D eigenvalue weighted by Crippen LogP contribution is -2.34. The van der Waals surface area contributed by atoms with Crippen LogP contribution in [-0.4, -0.2) is 12.6 Å². The van der Waals surface area contributed by atoms with Gasteiger partial charge in [-0.25, -0.2) is 4.39 Å². The van der Waals surface area contributed by atoms with E-state index in [-0.39, 0.29) is 11.6 Å². The van der Waals surface area contributed by atoms with Gasteiger partial charge in [0.25, 0.3) is 0 Å². The molecule has 0 bridgehead atoms. The summed E-state index contributed by atoms with van der Waals surface area (Å²) < 4.78 is 13.3. The van der Waals surface area contributed by atoms with E-state index < -0.39 is 5.82 Å². The van der Waals surface area contributed by atoms with Gasteiger partial charge in [0.2, 0.25) is 0 Å². The van der Waals surface area contributed by atoms with Crippen molar-refractivity contribution in [1.29, 1.82) is 5.26 Å². The molecule has 0 heterocycles. The minimum absolute atomic E-state index is 0.0360. The molecule has 0 aliphatic heterocycles. The number of hydrogen-bond donors (Lipinski definition) is 2. The highest BCUT2D eigenvalue weighted by Crippen LogP contribution is 2.20. The summed E-state index contributed by atoms with van der Waals surface area (Å²) in [4.78, 5) is 0. The van der Waals surface area contributed by atoms with E-state index in [4.69, 9.17) is 11.0 Å². The second-order valence-electron chi connectivity index (χ2n) is 4.00. The van der Waals surface area contributed by atoms with Gasteiger partial charge in [-0.2, -0.15) is 5.26 Å². The zero-order chi connectivity index (χ0) is 12.1. The highest BCUT2D eigenvalue weighted by atomic mass is 19.1. The fourth-order valence-electron chi connectivity index (χ4n) is 1.46. The number of anilines is 1. The SMILES string of the molecule is CC(C)C(CN)Nc1cccc(F)c1C#N. The molecule has 0 aliphatic rings. The fourth-order valence-corrected chi connectivity index (χ4v) is 1.46. The Morgan fingerprint density at radius 2 is 2.19 bits per heavy atom. The number of rotatable bonds is 4. The summed E-state index contributed by atoms with van der Waals surface area (Å²) >= 11 is 0. The molecule has 1 aromatic carbocycles. The maximum atomic E-state index is 13.3. The Bertz CT molecular complexity index is 396. The van der Waals surface area contributed by atoms with Crippen LogP contribution in [0.15, 0.2) is 18.2 Å². The Morgan fingerprint density at radius 3 is 2.69 bits per heavy atom. The summed E-state index contributed by atoms with van der Waals surface area (Å²) in [5.74, 6) is -0.188. The van der Waals surface area contributed by atoms with Crippen LogP contribution in [0.1, 0.15) is 19.4 Å². The number of nitrogens with two attached hydrogens (primary N) is 1. The second kappa shape index (κ2) is 5.47. The summed E-state index contributed by atoms with van der Waals surface area (Å²) in [7, 11) is 0. The van der Waals surface area contributed by atoms with Gasteiger partial charge >= 0.3 is 0 Å². The summed E-state index contributed by atoms with van der Waals surface area (Å²) in [5, 5.41) is 12.0. The number of nitrogens with zero attached hydrogens (tertiary/aromatic N) is 1. The fraction of sp³-hybridized carbons (Fsp3) is 0.417. The first-order valence-electron chi connectivity index (χ1n) is 5.25. The van der Waals surface area contributed by atoms with Crippen LogP contribution in [0, 0.1) is 23.1 Å². The third kappa shape index (κ3) is 2.71. The van der Waals surface area contributed by atoms with Gasteiger partial charge in [-0.1, -0.05) is 19.9 Å². The number of benzene rings is 1. The predicted molar refractivity (Wildman–Crippen MR) is 62.4 cm³/mol. The molecule has 86 valence electrons. The first-order valence-corrected chi connectivity index (χ1v) is 5.25. The summed E-state index contributed by atoms with van der Waals surface area (Å²) in [6.07, 6.45) is 0. The standard InChI is InChI=1S/C12H16FN3/c1-8(2)12(7-15)16-11-5-3-4-10(13)9(11)6-14/h3-5,8,12,16H,7,15H2,1-2H3. The molecular formula is C12H16FN3. The highest BCUT2D eigenvalue weighted by molar-refractivity contribution is 5.58. The molecule has 4 heteroatoms. The topological polar surface area (TPSA) is 61.8 Å². The van der Waals surface area contributed by atoms with E-state index in [0.29, 0.717) is 18.2 Å². The van der Waals surface area contributed by atoms with E-state index in [0.717, 1.165) is 0 Å². The van der Waals surface area contributed by atoms with Crippen LogP contribution >= 0.6 is 0 Å². The lowest BCUT2D eigenvalue weighted by molar-refractivity contribution is 0.530. The molecule has 16 heavy (non-hydrogen) atoms. The van der Waals surface area contributed by atoms with E-state index in [2.05, 4.69) is 5.32 Å². The minimum atomic E-state index is -0.507.